The number of aryl methyl sites for hydroxylation is 1. The van der Waals surface area contributed by atoms with Gasteiger partial charge in [0.05, 0.1) is 4.92 Å². The summed E-state index contributed by atoms with van der Waals surface area (Å²) in [5, 5.41) is 10.7. The first-order valence-corrected chi connectivity index (χ1v) is 6.42. The number of hydrogen-bond acceptors (Lipinski definition) is 4. The average Bonchev–Trinajstić information content (AvgIpc) is 2.35. The minimum Gasteiger partial charge on any atom is -0.370 e. The van der Waals surface area contributed by atoms with Crippen LogP contribution < -0.4 is 5.73 Å². The van der Waals surface area contributed by atoms with Crippen LogP contribution in [0.5, 0.6) is 0 Å². The van der Waals surface area contributed by atoms with Gasteiger partial charge in [0.1, 0.15) is 5.78 Å². The van der Waals surface area contributed by atoms with E-state index in [1.54, 1.807) is 6.07 Å². The molecule has 0 bridgehead atoms. The fraction of sp³-hybridized carbons (Fsp3) is 0.333. The highest BCUT2D eigenvalue weighted by molar-refractivity contribution is 9.10. The fourth-order valence-corrected chi connectivity index (χ4v) is 1.97. The second-order valence-electron chi connectivity index (χ2n) is 4.04. The number of primary amides is 1. The molecule has 1 amide bonds. The lowest BCUT2D eigenvalue weighted by Crippen LogP contribution is -2.12. The molecule has 0 fully saturated rings. The number of halogens is 1. The van der Waals surface area contributed by atoms with Crippen LogP contribution in [0.15, 0.2) is 22.7 Å². The minimum absolute atomic E-state index is 0.0113. The Kier molecular flexibility index (Phi) is 5.62. The molecule has 2 N–H and O–H groups in total. The molecule has 0 saturated carbocycles. The molecule has 0 aromatic heterocycles. The number of carbonyl (C=O) groups excluding carboxylic acids is 2. The summed E-state index contributed by atoms with van der Waals surface area (Å²) >= 11 is 3.28. The van der Waals surface area contributed by atoms with Crippen molar-refractivity contribution in [1.29, 1.82) is 0 Å². The van der Waals surface area contributed by atoms with Gasteiger partial charge in [-0.1, -0.05) is 15.9 Å². The van der Waals surface area contributed by atoms with Crippen molar-refractivity contribution in [1.82, 2.24) is 0 Å². The van der Waals surface area contributed by atoms with Crippen LogP contribution in [-0.4, -0.2) is 16.6 Å². The Morgan fingerprint density at radius 2 is 1.95 bits per heavy atom. The number of nitro groups is 1. The van der Waals surface area contributed by atoms with Crippen LogP contribution in [0.2, 0.25) is 0 Å². The van der Waals surface area contributed by atoms with Gasteiger partial charge in [0, 0.05) is 35.9 Å². The van der Waals surface area contributed by atoms with Gasteiger partial charge < -0.3 is 5.73 Å². The van der Waals surface area contributed by atoms with Crippen molar-refractivity contribution < 1.29 is 14.5 Å². The summed E-state index contributed by atoms with van der Waals surface area (Å²) in [6, 6.07) is 4.41. The van der Waals surface area contributed by atoms with Gasteiger partial charge in [0.15, 0.2) is 0 Å². The van der Waals surface area contributed by atoms with E-state index >= 15 is 0 Å². The van der Waals surface area contributed by atoms with Gasteiger partial charge in [0.25, 0.3) is 5.69 Å². The smallest absolute Gasteiger partial charge is 0.269 e. The molecule has 1 aromatic carbocycles. The zero-order chi connectivity index (χ0) is 14.4. The summed E-state index contributed by atoms with van der Waals surface area (Å²) in [7, 11) is 0. The Morgan fingerprint density at radius 1 is 1.26 bits per heavy atom. The van der Waals surface area contributed by atoms with Crippen molar-refractivity contribution in [3.05, 3.63) is 38.3 Å². The third kappa shape index (κ3) is 5.17. The van der Waals surface area contributed by atoms with E-state index in [2.05, 4.69) is 15.9 Å². The van der Waals surface area contributed by atoms with Crippen LogP contribution >= 0.6 is 15.9 Å². The van der Waals surface area contributed by atoms with Crippen LogP contribution in [0.4, 0.5) is 5.69 Å². The molecule has 0 aliphatic rings. The molecule has 0 radical (unpaired) electrons. The van der Waals surface area contributed by atoms with E-state index in [9.17, 15) is 19.7 Å². The summed E-state index contributed by atoms with van der Waals surface area (Å²) < 4.78 is 0.723. The fourth-order valence-electron chi connectivity index (χ4n) is 1.53. The molecule has 0 saturated heterocycles. The SMILES string of the molecule is NC(=O)CCC(=O)CCc1cc([N+](=O)[O-])ccc1Br. The number of ketones is 1. The monoisotopic (exact) mass is 328 g/mol. The number of nitrogens with zero attached hydrogens (tertiary/aromatic N) is 1. The number of hydrogen-bond donors (Lipinski definition) is 1. The quantitative estimate of drug-likeness (QED) is 0.611. The van der Waals surface area contributed by atoms with E-state index in [1.807, 2.05) is 0 Å². The first-order chi connectivity index (χ1) is 8.90. The zero-order valence-electron chi connectivity index (χ0n) is 10.1. The van der Waals surface area contributed by atoms with Gasteiger partial charge in [-0.2, -0.15) is 0 Å². The Morgan fingerprint density at radius 3 is 2.53 bits per heavy atom. The van der Waals surface area contributed by atoms with Crippen molar-refractivity contribution in [3.8, 4) is 0 Å². The maximum atomic E-state index is 11.5. The molecule has 0 spiro atoms. The van der Waals surface area contributed by atoms with E-state index < -0.39 is 10.8 Å². The molecule has 1 rings (SSSR count). The molecule has 1 aromatic rings. The predicted octanol–water partition coefficient (Wildman–Crippen LogP) is 2.12. The summed E-state index contributed by atoms with van der Waals surface area (Å²) in [6.45, 7) is 0. The van der Waals surface area contributed by atoms with E-state index in [4.69, 9.17) is 5.73 Å². The van der Waals surface area contributed by atoms with Gasteiger partial charge in [-0.25, -0.2) is 0 Å². The lowest BCUT2D eigenvalue weighted by molar-refractivity contribution is -0.384. The normalized spacial score (nSPS) is 10.2. The molecule has 0 aliphatic heterocycles. The molecule has 0 atom stereocenters. The lowest BCUT2D eigenvalue weighted by atomic mass is 10.0. The molecule has 0 heterocycles. The summed E-state index contributed by atoms with van der Waals surface area (Å²) in [4.78, 5) is 32.2. The number of benzene rings is 1. The first kappa shape index (κ1) is 15.3. The molecule has 7 heteroatoms. The average molecular weight is 329 g/mol. The topological polar surface area (TPSA) is 103 Å². The summed E-state index contributed by atoms with van der Waals surface area (Å²) in [5.41, 5.74) is 5.64. The van der Waals surface area contributed by atoms with Crippen molar-refractivity contribution in [3.63, 3.8) is 0 Å². The predicted molar refractivity (Wildman–Crippen MR) is 72.6 cm³/mol. The van der Waals surface area contributed by atoms with Crippen molar-refractivity contribution in [2.45, 2.75) is 25.7 Å². The highest BCUT2D eigenvalue weighted by Crippen LogP contribution is 2.23. The second-order valence-corrected chi connectivity index (χ2v) is 4.89. The van der Waals surface area contributed by atoms with E-state index in [0.717, 1.165) is 4.47 Å². The van der Waals surface area contributed by atoms with Crippen LogP contribution in [-0.2, 0) is 16.0 Å². The molecule has 0 aliphatic carbocycles. The molecular weight excluding hydrogens is 316 g/mol. The highest BCUT2D eigenvalue weighted by atomic mass is 79.9. The van der Waals surface area contributed by atoms with Crippen LogP contribution in [0, 0.1) is 10.1 Å². The van der Waals surface area contributed by atoms with Gasteiger partial charge in [-0.3, -0.25) is 19.7 Å². The van der Waals surface area contributed by atoms with Crippen molar-refractivity contribution in [2.24, 2.45) is 5.73 Å². The Labute approximate surface area is 118 Å². The number of nitrogens with two attached hydrogens (primary N) is 1. The highest BCUT2D eigenvalue weighted by Gasteiger charge is 2.11. The molecule has 6 nitrogen and oxygen atoms in total. The Hall–Kier alpha value is -1.76. The zero-order valence-corrected chi connectivity index (χ0v) is 11.7. The minimum atomic E-state index is -0.509. The third-order valence-electron chi connectivity index (χ3n) is 2.56. The second kappa shape index (κ2) is 6.98. The first-order valence-electron chi connectivity index (χ1n) is 5.63. The van der Waals surface area contributed by atoms with Crippen LogP contribution in [0.3, 0.4) is 0 Å². The number of Topliss-reactive ketones (excluding diaryl/α,β-unsaturated/α-hetero) is 1. The molecule has 102 valence electrons. The van der Waals surface area contributed by atoms with Crippen LogP contribution in [0.1, 0.15) is 24.8 Å². The largest absolute Gasteiger partial charge is 0.370 e. The summed E-state index contributed by atoms with van der Waals surface area (Å²) in [6.07, 6.45) is 0.768. The third-order valence-corrected chi connectivity index (χ3v) is 3.34. The maximum absolute atomic E-state index is 11.5. The van der Waals surface area contributed by atoms with Crippen LogP contribution in [0.25, 0.3) is 0 Å². The number of non-ortho nitro benzene ring substituents is 1. The maximum Gasteiger partial charge on any atom is 0.269 e. The van der Waals surface area contributed by atoms with Crippen molar-refractivity contribution >= 4 is 33.3 Å². The van der Waals surface area contributed by atoms with E-state index in [-0.39, 0.29) is 30.7 Å². The molecule has 19 heavy (non-hydrogen) atoms. The number of amides is 1. The standard InChI is InChI=1S/C12H13BrN2O4/c13-11-5-2-9(15(18)19)7-8(11)1-3-10(16)4-6-12(14)17/h2,5,7H,1,3-4,6H2,(H2,14,17). The molecule has 0 unspecified atom stereocenters. The van der Waals surface area contributed by atoms with Gasteiger partial charge in [0.2, 0.25) is 5.91 Å². The molecular formula is C12H13BrN2O4. The Balaban J connectivity index is 2.62. The van der Waals surface area contributed by atoms with Gasteiger partial charge in [-0.15, -0.1) is 0 Å². The number of carbonyl (C=O) groups is 2. The Bertz CT molecular complexity index is 516. The summed E-state index contributed by atoms with van der Waals surface area (Å²) in [5.74, 6) is -0.595. The van der Waals surface area contributed by atoms with E-state index in [1.165, 1.54) is 12.1 Å². The van der Waals surface area contributed by atoms with Gasteiger partial charge in [-0.05, 0) is 18.1 Å². The number of nitro benzene ring substituents is 1. The van der Waals surface area contributed by atoms with Crippen molar-refractivity contribution in [2.75, 3.05) is 0 Å². The number of rotatable bonds is 7. The lowest BCUT2D eigenvalue weighted by Gasteiger charge is -2.04. The van der Waals surface area contributed by atoms with Gasteiger partial charge >= 0.3 is 0 Å². The van der Waals surface area contributed by atoms with E-state index in [0.29, 0.717) is 12.0 Å².